The second-order valence-electron chi connectivity index (χ2n) is 8.70. The lowest BCUT2D eigenvalue weighted by Gasteiger charge is -2.29. The number of ether oxygens (including phenoxy) is 3. The van der Waals surface area contributed by atoms with E-state index in [4.69, 9.17) is 19.2 Å². The van der Waals surface area contributed by atoms with Crippen LogP contribution in [-0.2, 0) is 22.5 Å². The molecule has 0 saturated carbocycles. The zero-order valence-electron chi connectivity index (χ0n) is 20.0. The predicted octanol–water partition coefficient (Wildman–Crippen LogP) is 3.96. The van der Waals surface area contributed by atoms with Crippen molar-refractivity contribution >= 4 is 28.5 Å². The van der Waals surface area contributed by atoms with Gasteiger partial charge in [-0.15, -0.1) is 0 Å². The molecule has 182 valence electrons. The Morgan fingerprint density at radius 3 is 2.71 bits per heavy atom. The number of carbonyl (C=O) groups is 2. The third-order valence-electron chi connectivity index (χ3n) is 6.50. The molecule has 2 aromatic carbocycles. The van der Waals surface area contributed by atoms with Crippen molar-refractivity contribution in [2.75, 3.05) is 31.6 Å². The summed E-state index contributed by atoms with van der Waals surface area (Å²) in [7, 11) is 0. The fourth-order valence-electron chi connectivity index (χ4n) is 4.60. The van der Waals surface area contributed by atoms with E-state index in [0.29, 0.717) is 48.9 Å². The predicted molar refractivity (Wildman–Crippen MR) is 132 cm³/mol. The van der Waals surface area contributed by atoms with Crippen molar-refractivity contribution in [1.29, 1.82) is 0 Å². The Morgan fingerprint density at radius 1 is 1.11 bits per heavy atom. The van der Waals surface area contributed by atoms with Crippen LogP contribution in [0.4, 0.5) is 5.69 Å². The summed E-state index contributed by atoms with van der Waals surface area (Å²) in [4.78, 5) is 33.7. The van der Waals surface area contributed by atoms with Gasteiger partial charge in [0.2, 0.25) is 0 Å². The number of benzene rings is 2. The van der Waals surface area contributed by atoms with Crippen molar-refractivity contribution in [1.82, 2.24) is 9.88 Å². The van der Waals surface area contributed by atoms with Crippen molar-refractivity contribution in [2.45, 2.75) is 39.3 Å². The SMILES string of the molecule is CCC(OC(=O)c1c2c(nc3ccccc13)CCN(CC)C2)C(=O)Nc1ccc2c(c1)OCCO2. The second kappa shape index (κ2) is 9.92. The van der Waals surface area contributed by atoms with Crippen LogP contribution in [0.3, 0.4) is 0 Å². The maximum absolute atomic E-state index is 13.6. The highest BCUT2D eigenvalue weighted by atomic mass is 16.6. The maximum atomic E-state index is 13.6. The number of rotatable bonds is 6. The Hall–Kier alpha value is -3.65. The largest absolute Gasteiger partial charge is 0.486 e. The van der Waals surface area contributed by atoms with E-state index in [1.807, 2.05) is 31.2 Å². The first kappa shape index (κ1) is 23.1. The molecule has 35 heavy (non-hydrogen) atoms. The van der Waals surface area contributed by atoms with Crippen molar-refractivity contribution in [3.63, 3.8) is 0 Å². The van der Waals surface area contributed by atoms with Crippen LogP contribution in [0.15, 0.2) is 42.5 Å². The molecule has 0 saturated heterocycles. The molecule has 0 bridgehead atoms. The molecule has 1 atom stereocenters. The number of likely N-dealkylation sites (N-methyl/N-ethyl adjacent to an activating group) is 1. The van der Waals surface area contributed by atoms with Gasteiger partial charge in [-0.1, -0.05) is 32.0 Å². The molecule has 1 amide bonds. The van der Waals surface area contributed by atoms with Crippen LogP contribution >= 0.6 is 0 Å². The number of hydrogen-bond acceptors (Lipinski definition) is 7. The minimum atomic E-state index is -0.941. The standard InChI is InChI=1S/C27H29N3O5/c1-3-22(26(31)28-17-9-10-23-24(15-17)34-14-13-33-23)35-27(32)25-18-7-5-6-8-20(18)29-21-11-12-30(4-2)16-19(21)25/h5-10,15,22H,3-4,11-14,16H2,1-2H3,(H,28,31). The normalized spacial score (nSPS) is 15.8. The Bertz CT molecular complexity index is 1280. The highest BCUT2D eigenvalue weighted by Gasteiger charge is 2.29. The highest BCUT2D eigenvalue weighted by Crippen LogP contribution is 2.33. The Labute approximate surface area is 204 Å². The van der Waals surface area contributed by atoms with E-state index in [1.165, 1.54) is 0 Å². The number of carbonyl (C=O) groups excluding carboxylic acids is 2. The fraction of sp³-hybridized carbons (Fsp3) is 0.370. The van der Waals surface area contributed by atoms with Gasteiger partial charge in [-0.3, -0.25) is 14.7 Å². The van der Waals surface area contributed by atoms with E-state index in [-0.39, 0.29) is 5.91 Å². The minimum absolute atomic E-state index is 0.342. The van der Waals surface area contributed by atoms with E-state index >= 15 is 0 Å². The van der Waals surface area contributed by atoms with Gasteiger partial charge in [0.1, 0.15) is 13.2 Å². The van der Waals surface area contributed by atoms with Crippen LogP contribution in [0, 0.1) is 0 Å². The number of hydrogen-bond donors (Lipinski definition) is 1. The van der Waals surface area contributed by atoms with Crippen LogP contribution in [0.5, 0.6) is 11.5 Å². The molecule has 0 aliphatic carbocycles. The average molecular weight is 476 g/mol. The average Bonchev–Trinajstić information content (AvgIpc) is 2.89. The Morgan fingerprint density at radius 2 is 1.91 bits per heavy atom. The molecular weight excluding hydrogens is 446 g/mol. The van der Waals surface area contributed by atoms with E-state index in [9.17, 15) is 9.59 Å². The topological polar surface area (TPSA) is 90.0 Å². The lowest BCUT2D eigenvalue weighted by molar-refractivity contribution is -0.124. The molecule has 1 N–H and O–H groups in total. The molecule has 5 rings (SSSR count). The minimum Gasteiger partial charge on any atom is -0.486 e. The van der Waals surface area contributed by atoms with E-state index in [0.717, 1.165) is 41.7 Å². The molecule has 8 heteroatoms. The lowest BCUT2D eigenvalue weighted by atomic mass is 9.95. The molecule has 0 spiro atoms. The van der Waals surface area contributed by atoms with E-state index in [1.54, 1.807) is 18.2 Å². The zero-order chi connectivity index (χ0) is 24.4. The number of pyridine rings is 1. The summed E-state index contributed by atoms with van der Waals surface area (Å²) in [5.41, 5.74) is 3.64. The summed E-state index contributed by atoms with van der Waals surface area (Å²) in [5.74, 6) is 0.333. The van der Waals surface area contributed by atoms with Crippen molar-refractivity contribution in [3.8, 4) is 11.5 Å². The summed E-state index contributed by atoms with van der Waals surface area (Å²) in [6.45, 7) is 7.30. The summed E-state index contributed by atoms with van der Waals surface area (Å²) < 4.78 is 17.0. The first-order valence-corrected chi connectivity index (χ1v) is 12.1. The van der Waals surface area contributed by atoms with Gasteiger partial charge in [-0.25, -0.2) is 4.79 Å². The molecule has 2 aliphatic rings. The molecule has 8 nitrogen and oxygen atoms in total. The smallest absolute Gasteiger partial charge is 0.340 e. The summed E-state index contributed by atoms with van der Waals surface area (Å²) in [6, 6.07) is 12.8. The number of nitrogens with zero attached hydrogens (tertiary/aromatic N) is 2. The van der Waals surface area contributed by atoms with Crippen LogP contribution in [0.25, 0.3) is 10.9 Å². The summed E-state index contributed by atoms with van der Waals surface area (Å²) >= 11 is 0. The third-order valence-corrected chi connectivity index (χ3v) is 6.50. The van der Waals surface area contributed by atoms with Gasteiger partial charge in [0.05, 0.1) is 11.1 Å². The second-order valence-corrected chi connectivity index (χ2v) is 8.70. The van der Waals surface area contributed by atoms with Crippen molar-refractivity contribution in [3.05, 3.63) is 59.3 Å². The first-order chi connectivity index (χ1) is 17.1. The number of nitrogens with one attached hydrogen (secondary N) is 1. The Kier molecular flexibility index (Phi) is 6.55. The van der Waals surface area contributed by atoms with Gasteiger partial charge in [-0.2, -0.15) is 0 Å². The van der Waals surface area contributed by atoms with Crippen molar-refractivity contribution in [2.24, 2.45) is 0 Å². The number of para-hydroxylation sites is 1. The quantitative estimate of drug-likeness (QED) is 0.540. The number of amides is 1. The number of fused-ring (bicyclic) bond motifs is 3. The molecular formula is C27H29N3O5. The lowest BCUT2D eigenvalue weighted by Crippen LogP contribution is -2.35. The van der Waals surface area contributed by atoms with Crippen LogP contribution in [0.2, 0.25) is 0 Å². The monoisotopic (exact) mass is 475 g/mol. The van der Waals surface area contributed by atoms with Gasteiger partial charge < -0.3 is 19.5 Å². The molecule has 3 aromatic rings. The number of esters is 1. The molecule has 1 aromatic heterocycles. The number of aromatic nitrogens is 1. The van der Waals surface area contributed by atoms with E-state index < -0.39 is 12.1 Å². The zero-order valence-corrected chi connectivity index (χ0v) is 20.0. The molecule has 0 radical (unpaired) electrons. The van der Waals surface area contributed by atoms with Crippen LogP contribution in [0.1, 0.15) is 41.9 Å². The molecule has 2 aliphatic heterocycles. The third kappa shape index (κ3) is 4.66. The van der Waals surface area contributed by atoms with Gasteiger partial charge in [0, 0.05) is 47.9 Å². The van der Waals surface area contributed by atoms with Gasteiger partial charge in [0.25, 0.3) is 5.91 Å². The first-order valence-electron chi connectivity index (χ1n) is 12.1. The molecule has 3 heterocycles. The number of anilines is 1. The van der Waals surface area contributed by atoms with Gasteiger partial charge in [-0.05, 0) is 31.2 Å². The van der Waals surface area contributed by atoms with E-state index in [2.05, 4.69) is 17.1 Å². The highest BCUT2D eigenvalue weighted by molar-refractivity contribution is 6.06. The van der Waals surface area contributed by atoms with Crippen molar-refractivity contribution < 1.29 is 23.8 Å². The Balaban J connectivity index is 1.40. The molecule has 0 fully saturated rings. The van der Waals surface area contributed by atoms with Gasteiger partial charge in [0.15, 0.2) is 17.6 Å². The van der Waals surface area contributed by atoms with Crippen LogP contribution < -0.4 is 14.8 Å². The summed E-state index contributed by atoms with van der Waals surface area (Å²) in [6.07, 6.45) is 0.175. The maximum Gasteiger partial charge on any atom is 0.340 e. The van der Waals surface area contributed by atoms with Crippen LogP contribution in [-0.4, -0.2) is 54.2 Å². The fourth-order valence-corrected chi connectivity index (χ4v) is 4.60. The van der Waals surface area contributed by atoms with Gasteiger partial charge >= 0.3 is 5.97 Å². The summed E-state index contributed by atoms with van der Waals surface area (Å²) in [5, 5.41) is 3.59. The molecule has 1 unspecified atom stereocenters.